The summed E-state index contributed by atoms with van der Waals surface area (Å²) in [7, 11) is -3.95. The van der Waals surface area contributed by atoms with Gasteiger partial charge in [-0.15, -0.1) is 0 Å². The topological polar surface area (TPSA) is 80.8 Å². The van der Waals surface area contributed by atoms with Crippen LogP contribution in [0.1, 0.15) is 13.3 Å². The molecule has 4 unspecified atom stereocenters. The molecule has 2 heterocycles. The molecule has 0 radical (unpaired) electrons. The van der Waals surface area contributed by atoms with E-state index in [-0.39, 0.29) is 24.9 Å². The fourth-order valence-corrected chi connectivity index (χ4v) is 2.26. The van der Waals surface area contributed by atoms with Crippen LogP contribution in [0.2, 0.25) is 0 Å². The summed E-state index contributed by atoms with van der Waals surface area (Å²) in [5, 5.41) is 0. The van der Waals surface area contributed by atoms with Crippen molar-refractivity contribution in [3.63, 3.8) is 0 Å². The number of hydrogen-bond donors (Lipinski definition) is 1. The van der Waals surface area contributed by atoms with Crippen molar-refractivity contribution in [2.24, 2.45) is 0 Å². The molecule has 7 heteroatoms. The minimum Gasteiger partial charge on any atom is -0.371 e. The lowest BCUT2D eigenvalue weighted by Crippen LogP contribution is -2.18. The third-order valence-corrected chi connectivity index (χ3v) is 3.28. The summed E-state index contributed by atoms with van der Waals surface area (Å²) < 4.78 is 31.1. The van der Waals surface area contributed by atoms with Crippen LogP contribution >= 0.6 is 7.82 Å². The minimum atomic E-state index is -3.95. The van der Waals surface area contributed by atoms with E-state index in [1.165, 1.54) is 0 Å². The second-order valence-corrected chi connectivity index (χ2v) is 5.05. The number of phosphoric acid groups is 1. The van der Waals surface area contributed by atoms with Crippen molar-refractivity contribution in [2.75, 3.05) is 19.8 Å². The van der Waals surface area contributed by atoms with Crippen molar-refractivity contribution in [2.45, 2.75) is 31.7 Å². The molecule has 2 aliphatic rings. The highest BCUT2D eigenvalue weighted by Gasteiger charge is 2.38. The van der Waals surface area contributed by atoms with Crippen molar-refractivity contribution < 1.29 is 28.0 Å². The maximum Gasteiger partial charge on any atom is 0.472 e. The lowest BCUT2D eigenvalue weighted by Gasteiger charge is -2.17. The first-order chi connectivity index (χ1) is 7.11. The Morgan fingerprint density at radius 3 is 2.67 bits per heavy atom. The Morgan fingerprint density at radius 2 is 2.20 bits per heavy atom. The second kappa shape index (κ2) is 4.49. The van der Waals surface area contributed by atoms with E-state index >= 15 is 0 Å². The summed E-state index contributed by atoms with van der Waals surface area (Å²) >= 11 is 0. The van der Waals surface area contributed by atoms with E-state index in [9.17, 15) is 9.46 Å². The molecule has 2 fully saturated rings. The van der Waals surface area contributed by atoms with Gasteiger partial charge in [0.15, 0.2) is 0 Å². The molecule has 15 heavy (non-hydrogen) atoms. The van der Waals surface area contributed by atoms with E-state index in [0.29, 0.717) is 19.6 Å². The summed E-state index contributed by atoms with van der Waals surface area (Å²) in [6, 6.07) is 0. The molecule has 2 rings (SSSR count). The molecule has 0 spiro atoms. The Balaban J connectivity index is 1.75. The molecule has 0 amide bonds. The van der Waals surface area contributed by atoms with Crippen LogP contribution < -0.4 is 0 Å². The van der Waals surface area contributed by atoms with Gasteiger partial charge in [0.05, 0.1) is 25.9 Å². The third-order valence-electron chi connectivity index (χ3n) is 2.27. The van der Waals surface area contributed by atoms with Crippen LogP contribution in [0.4, 0.5) is 0 Å². The Bertz CT molecular complexity index is 262. The van der Waals surface area contributed by atoms with Crippen molar-refractivity contribution in [3.8, 4) is 0 Å². The number of hydrogen-bond acceptors (Lipinski definition) is 5. The molecule has 0 aromatic heterocycles. The van der Waals surface area contributed by atoms with Gasteiger partial charge in [-0.25, -0.2) is 4.57 Å². The van der Waals surface area contributed by atoms with Gasteiger partial charge < -0.3 is 14.4 Å². The summed E-state index contributed by atoms with van der Waals surface area (Å²) in [6.45, 7) is 3.15. The third kappa shape index (κ3) is 3.83. The first-order valence-electron chi connectivity index (χ1n) is 4.99. The normalized spacial score (nSPS) is 34.5. The van der Waals surface area contributed by atoms with Crippen molar-refractivity contribution in [3.05, 3.63) is 0 Å². The quantitative estimate of drug-likeness (QED) is 0.519. The highest BCUT2D eigenvalue weighted by molar-refractivity contribution is 7.47. The SMILES string of the molecule is CCC(OP(=O)(O)OCC1CO1)C1CO1. The summed E-state index contributed by atoms with van der Waals surface area (Å²) in [4.78, 5) is 9.37. The lowest BCUT2D eigenvalue weighted by atomic mass is 10.2. The van der Waals surface area contributed by atoms with Gasteiger partial charge in [-0.1, -0.05) is 6.92 Å². The predicted octanol–water partition coefficient (Wildman–Crippen LogP) is 0.696. The zero-order chi connectivity index (χ0) is 10.9. The zero-order valence-electron chi connectivity index (χ0n) is 8.50. The van der Waals surface area contributed by atoms with Gasteiger partial charge in [0.2, 0.25) is 0 Å². The molecular formula is C8H15O6P. The first-order valence-corrected chi connectivity index (χ1v) is 6.49. The number of epoxide rings is 2. The van der Waals surface area contributed by atoms with Gasteiger partial charge in [0.25, 0.3) is 0 Å². The van der Waals surface area contributed by atoms with Crippen molar-refractivity contribution in [1.29, 1.82) is 0 Å². The number of rotatable bonds is 7. The molecule has 2 aliphatic heterocycles. The first kappa shape index (κ1) is 11.5. The second-order valence-electron chi connectivity index (χ2n) is 3.64. The van der Waals surface area contributed by atoms with E-state index in [2.05, 4.69) is 0 Å². The van der Waals surface area contributed by atoms with E-state index in [1.54, 1.807) is 0 Å². The Hall–Kier alpha value is 0.0300. The van der Waals surface area contributed by atoms with Gasteiger partial charge in [-0.05, 0) is 6.42 Å². The fraction of sp³-hybridized carbons (Fsp3) is 1.00. The molecule has 6 nitrogen and oxygen atoms in total. The molecule has 0 aliphatic carbocycles. The van der Waals surface area contributed by atoms with Gasteiger partial charge in [-0.2, -0.15) is 0 Å². The minimum absolute atomic E-state index is 0.0497. The zero-order valence-corrected chi connectivity index (χ0v) is 9.39. The molecule has 88 valence electrons. The molecule has 0 saturated carbocycles. The average molecular weight is 238 g/mol. The van der Waals surface area contributed by atoms with Gasteiger partial charge in [-0.3, -0.25) is 9.05 Å². The summed E-state index contributed by atoms with van der Waals surface area (Å²) in [5.74, 6) is 0. The van der Waals surface area contributed by atoms with Crippen LogP contribution in [0.3, 0.4) is 0 Å². The van der Waals surface area contributed by atoms with Gasteiger partial charge in [0.1, 0.15) is 12.2 Å². The van der Waals surface area contributed by atoms with Crippen LogP contribution in [-0.2, 0) is 23.1 Å². The number of ether oxygens (including phenoxy) is 2. The van der Waals surface area contributed by atoms with Crippen molar-refractivity contribution in [1.82, 2.24) is 0 Å². The van der Waals surface area contributed by atoms with Crippen LogP contribution in [0.5, 0.6) is 0 Å². The molecular weight excluding hydrogens is 223 g/mol. The molecule has 2 saturated heterocycles. The predicted molar refractivity (Wildman–Crippen MR) is 50.4 cm³/mol. The summed E-state index contributed by atoms with van der Waals surface area (Å²) in [6.07, 6.45) is 0.155. The highest BCUT2D eigenvalue weighted by atomic mass is 31.2. The Kier molecular flexibility index (Phi) is 3.45. The molecule has 0 aromatic rings. The smallest absolute Gasteiger partial charge is 0.371 e. The summed E-state index contributed by atoms with van der Waals surface area (Å²) in [5.41, 5.74) is 0. The Labute approximate surface area is 88.1 Å². The van der Waals surface area contributed by atoms with Crippen LogP contribution in [-0.4, -0.2) is 43.0 Å². The van der Waals surface area contributed by atoms with Crippen LogP contribution in [0, 0.1) is 0 Å². The van der Waals surface area contributed by atoms with E-state index in [1.807, 2.05) is 6.92 Å². The fourth-order valence-electron chi connectivity index (χ4n) is 1.22. The maximum atomic E-state index is 11.4. The lowest BCUT2D eigenvalue weighted by molar-refractivity contribution is 0.0803. The molecule has 0 bridgehead atoms. The molecule has 4 atom stereocenters. The van der Waals surface area contributed by atoms with E-state index in [4.69, 9.17) is 18.5 Å². The van der Waals surface area contributed by atoms with Crippen LogP contribution in [0.25, 0.3) is 0 Å². The molecule has 1 N–H and O–H groups in total. The van der Waals surface area contributed by atoms with Gasteiger partial charge >= 0.3 is 7.82 Å². The standard InChI is InChI=1S/C8H15O6P/c1-2-7(8-5-12-8)14-15(9,10)13-4-6-3-11-6/h6-8H,2-5H2,1H3,(H,9,10). The monoisotopic (exact) mass is 238 g/mol. The molecule has 0 aromatic carbocycles. The largest absolute Gasteiger partial charge is 0.472 e. The van der Waals surface area contributed by atoms with Crippen LogP contribution in [0.15, 0.2) is 0 Å². The maximum absolute atomic E-state index is 11.4. The van der Waals surface area contributed by atoms with E-state index in [0.717, 1.165) is 0 Å². The number of phosphoric ester groups is 1. The average Bonchev–Trinajstić information content (AvgIpc) is 3.03. The van der Waals surface area contributed by atoms with Crippen molar-refractivity contribution >= 4 is 7.82 Å². The Morgan fingerprint density at radius 1 is 1.53 bits per heavy atom. The van der Waals surface area contributed by atoms with E-state index < -0.39 is 7.82 Å². The van der Waals surface area contributed by atoms with Gasteiger partial charge in [0, 0.05) is 0 Å². The highest BCUT2D eigenvalue weighted by Crippen LogP contribution is 2.47.